The van der Waals surface area contributed by atoms with Gasteiger partial charge in [0.2, 0.25) is 5.91 Å². The number of imidazole rings is 1. The SMILES string of the molecule is O=C1CC2(CCN(Cc3ncc[nH]3)CC2)CN1CCCc1ccccc1. The third kappa shape index (κ3) is 3.98. The molecule has 2 aromatic rings. The van der Waals surface area contributed by atoms with Crippen molar-refractivity contribution in [3.63, 3.8) is 0 Å². The van der Waals surface area contributed by atoms with Crippen molar-refractivity contribution in [2.45, 2.75) is 38.6 Å². The Bertz CT molecular complexity index is 705. The summed E-state index contributed by atoms with van der Waals surface area (Å²) in [5.74, 6) is 1.39. The fraction of sp³-hybridized carbons (Fsp3) is 0.524. The van der Waals surface area contributed by atoms with Crippen LogP contribution in [0.1, 0.15) is 37.1 Å². The average Bonchev–Trinajstić information content (AvgIpc) is 3.27. The number of carbonyl (C=O) groups excluding carboxylic acids is 1. The van der Waals surface area contributed by atoms with Crippen LogP contribution in [-0.2, 0) is 17.8 Å². The van der Waals surface area contributed by atoms with Gasteiger partial charge in [-0.15, -0.1) is 0 Å². The van der Waals surface area contributed by atoms with Crippen molar-refractivity contribution in [1.82, 2.24) is 19.8 Å². The Balaban J connectivity index is 1.25. The Labute approximate surface area is 155 Å². The third-order valence-corrected chi connectivity index (χ3v) is 5.99. The van der Waals surface area contributed by atoms with Gasteiger partial charge in [-0.25, -0.2) is 4.98 Å². The lowest BCUT2D eigenvalue weighted by Gasteiger charge is -2.38. The Morgan fingerprint density at radius 3 is 2.69 bits per heavy atom. The second kappa shape index (κ2) is 7.62. The molecule has 0 saturated carbocycles. The molecule has 0 aliphatic carbocycles. The molecule has 5 nitrogen and oxygen atoms in total. The second-order valence-corrected chi connectivity index (χ2v) is 7.89. The summed E-state index contributed by atoms with van der Waals surface area (Å²) < 4.78 is 0. The number of hydrogen-bond acceptors (Lipinski definition) is 3. The minimum Gasteiger partial charge on any atom is -0.348 e. The van der Waals surface area contributed by atoms with Gasteiger partial charge in [-0.2, -0.15) is 0 Å². The van der Waals surface area contributed by atoms with E-state index in [1.807, 2.05) is 12.4 Å². The second-order valence-electron chi connectivity index (χ2n) is 7.89. The smallest absolute Gasteiger partial charge is 0.223 e. The number of nitrogens with zero attached hydrogens (tertiary/aromatic N) is 3. The predicted octanol–water partition coefficient (Wildman–Crippen LogP) is 2.86. The first kappa shape index (κ1) is 17.3. The van der Waals surface area contributed by atoms with E-state index in [4.69, 9.17) is 0 Å². The minimum absolute atomic E-state index is 0.212. The minimum atomic E-state index is 0.212. The maximum absolute atomic E-state index is 12.5. The lowest BCUT2D eigenvalue weighted by molar-refractivity contribution is -0.127. The summed E-state index contributed by atoms with van der Waals surface area (Å²) >= 11 is 0. The molecule has 2 saturated heterocycles. The van der Waals surface area contributed by atoms with Crippen LogP contribution in [0.15, 0.2) is 42.7 Å². The van der Waals surface area contributed by atoms with Crippen molar-refractivity contribution in [1.29, 1.82) is 0 Å². The first-order valence-electron chi connectivity index (χ1n) is 9.75. The molecule has 1 aromatic carbocycles. The number of benzene rings is 1. The van der Waals surface area contributed by atoms with E-state index in [0.29, 0.717) is 5.91 Å². The molecule has 5 heteroatoms. The van der Waals surface area contributed by atoms with E-state index >= 15 is 0 Å². The summed E-state index contributed by atoms with van der Waals surface area (Å²) in [5, 5.41) is 0. The zero-order valence-electron chi connectivity index (χ0n) is 15.4. The molecule has 0 atom stereocenters. The number of carbonyl (C=O) groups is 1. The number of aromatic nitrogens is 2. The number of amides is 1. The lowest BCUT2D eigenvalue weighted by Crippen LogP contribution is -2.41. The predicted molar refractivity (Wildman–Crippen MR) is 101 cm³/mol. The monoisotopic (exact) mass is 352 g/mol. The summed E-state index contributed by atoms with van der Waals surface area (Å²) in [5.41, 5.74) is 1.57. The summed E-state index contributed by atoms with van der Waals surface area (Å²) in [6.07, 6.45) is 8.77. The number of piperidine rings is 1. The molecule has 1 amide bonds. The molecular weight excluding hydrogens is 324 g/mol. The number of likely N-dealkylation sites (tertiary alicyclic amines) is 2. The topological polar surface area (TPSA) is 52.2 Å². The fourth-order valence-electron chi connectivity index (χ4n) is 4.42. The number of nitrogens with one attached hydrogen (secondary N) is 1. The summed E-state index contributed by atoms with van der Waals surface area (Å²) in [4.78, 5) is 24.6. The van der Waals surface area contributed by atoms with E-state index in [-0.39, 0.29) is 5.41 Å². The van der Waals surface area contributed by atoms with E-state index in [2.05, 4.69) is 50.1 Å². The van der Waals surface area contributed by atoms with Crippen molar-refractivity contribution in [3.05, 3.63) is 54.1 Å². The van der Waals surface area contributed by atoms with Crippen LogP contribution in [0.4, 0.5) is 0 Å². The number of hydrogen-bond donors (Lipinski definition) is 1. The van der Waals surface area contributed by atoms with Gasteiger partial charge in [-0.1, -0.05) is 30.3 Å². The first-order chi connectivity index (χ1) is 12.7. The molecule has 0 unspecified atom stereocenters. The molecule has 138 valence electrons. The molecule has 1 N–H and O–H groups in total. The molecule has 2 aliphatic rings. The number of aromatic amines is 1. The van der Waals surface area contributed by atoms with Gasteiger partial charge in [0.15, 0.2) is 0 Å². The average molecular weight is 352 g/mol. The van der Waals surface area contributed by atoms with Gasteiger partial charge < -0.3 is 9.88 Å². The maximum Gasteiger partial charge on any atom is 0.223 e. The number of aryl methyl sites for hydroxylation is 1. The van der Waals surface area contributed by atoms with Gasteiger partial charge in [0, 0.05) is 31.9 Å². The highest BCUT2D eigenvalue weighted by molar-refractivity contribution is 5.79. The Morgan fingerprint density at radius 2 is 1.96 bits per heavy atom. The molecule has 3 heterocycles. The molecule has 0 radical (unpaired) electrons. The van der Waals surface area contributed by atoms with Crippen LogP contribution in [0.25, 0.3) is 0 Å². The van der Waals surface area contributed by atoms with E-state index in [1.54, 1.807) is 0 Å². The fourth-order valence-corrected chi connectivity index (χ4v) is 4.42. The van der Waals surface area contributed by atoms with Crippen LogP contribution in [0.5, 0.6) is 0 Å². The molecule has 4 rings (SSSR count). The lowest BCUT2D eigenvalue weighted by atomic mass is 9.77. The van der Waals surface area contributed by atoms with Crippen molar-refractivity contribution < 1.29 is 4.79 Å². The van der Waals surface area contributed by atoms with Crippen LogP contribution >= 0.6 is 0 Å². The van der Waals surface area contributed by atoms with Gasteiger partial charge in [0.05, 0.1) is 6.54 Å². The highest BCUT2D eigenvalue weighted by atomic mass is 16.2. The summed E-state index contributed by atoms with van der Waals surface area (Å²) in [7, 11) is 0. The molecule has 0 bridgehead atoms. The Kier molecular flexibility index (Phi) is 5.07. The normalized spacial score (nSPS) is 20.2. The van der Waals surface area contributed by atoms with Crippen molar-refractivity contribution in [2.24, 2.45) is 5.41 Å². The standard InChI is InChI=1S/C21H28N4O/c26-20-15-21(8-13-24(14-9-21)16-19-22-10-11-23-19)17-25(20)12-4-7-18-5-2-1-3-6-18/h1-3,5-6,10-11H,4,7-9,12-17H2,(H,22,23). The van der Waals surface area contributed by atoms with Crippen molar-refractivity contribution in [2.75, 3.05) is 26.2 Å². The molecule has 2 aliphatic heterocycles. The Morgan fingerprint density at radius 1 is 1.15 bits per heavy atom. The highest BCUT2D eigenvalue weighted by Gasteiger charge is 2.44. The first-order valence-corrected chi connectivity index (χ1v) is 9.75. The zero-order chi connectivity index (χ0) is 17.8. The van der Waals surface area contributed by atoms with Gasteiger partial charge in [0.1, 0.15) is 5.82 Å². The Hall–Kier alpha value is -2.14. The third-order valence-electron chi connectivity index (χ3n) is 5.99. The van der Waals surface area contributed by atoms with E-state index < -0.39 is 0 Å². The molecular formula is C21H28N4O. The maximum atomic E-state index is 12.5. The van der Waals surface area contributed by atoms with Gasteiger partial charge in [-0.3, -0.25) is 9.69 Å². The van der Waals surface area contributed by atoms with Gasteiger partial charge >= 0.3 is 0 Å². The number of H-pyrrole nitrogens is 1. The van der Waals surface area contributed by atoms with Crippen LogP contribution in [-0.4, -0.2) is 51.9 Å². The van der Waals surface area contributed by atoms with Crippen LogP contribution in [0.2, 0.25) is 0 Å². The summed E-state index contributed by atoms with van der Waals surface area (Å²) in [6.45, 7) is 4.86. The molecule has 1 aromatic heterocycles. The van der Waals surface area contributed by atoms with E-state index in [9.17, 15) is 4.79 Å². The molecule has 1 spiro atoms. The molecule has 2 fully saturated rings. The van der Waals surface area contributed by atoms with Crippen LogP contribution in [0.3, 0.4) is 0 Å². The largest absolute Gasteiger partial charge is 0.348 e. The van der Waals surface area contributed by atoms with Crippen molar-refractivity contribution in [3.8, 4) is 0 Å². The van der Waals surface area contributed by atoms with Gasteiger partial charge in [0.25, 0.3) is 0 Å². The highest BCUT2D eigenvalue weighted by Crippen LogP contribution is 2.41. The summed E-state index contributed by atoms with van der Waals surface area (Å²) in [6, 6.07) is 10.6. The quantitative estimate of drug-likeness (QED) is 0.870. The van der Waals surface area contributed by atoms with Gasteiger partial charge in [-0.05, 0) is 49.8 Å². The zero-order valence-corrected chi connectivity index (χ0v) is 15.4. The van der Waals surface area contributed by atoms with E-state index in [1.165, 1.54) is 5.56 Å². The van der Waals surface area contributed by atoms with Crippen LogP contribution < -0.4 is 0 Å². The number of rotatable bonds is 6. The molecule has 26 heavy (non-hydrogen) atoms. The van der Waals surface area contributed by atoms with Crippen LogP contribution in [0, 0.1) is 5.41 Å². The van der Waals surface area contributed by atoms with Crippen molar-refractivity contribution >= 4 is 5.91 Å². The van der Waals surface area contributed by atoms with E-state index in [0.717, 1.165) is 70.7 Å².